The predicted octanol–water partition coefficient (Wildman–Crippen LogP) is 3.72. The van der Waals surface area contributed by atoms with E-state index in [1.54, 1.807) is 13.3 Å². The first-order valence-corrected chi connectivity index (χ1v) is 11.0. The maximum Gasteiger partial charge on any atom is 0.291 e. The quantitative estimate of drug-likeness (QED) is 0.408. The number of ether oxygens (including phenoxy) is 1. The summed E-state index contributed by atoms with van der Waals surface area (Å²) >= 11 is 0. The van der Waals surface area contributed by atoms with Crippen LogP contribution in [0.4, 0.5) is 0 Å². The first-order valence-electron chi connectivity index (χ1n) is 11.0. The van der Waals surface area contributed by atoms with Crippen molar-refractivity contribution in [1.82, 2.24) is 19.7 Å². The molecule has 0 fully saturated rings. The van der Waals surface area contributed by atoms with Gasteiger partial charge in [0, 0.05) is 29.4 Å². The van der Waals surface area contributed by atoms with E-state index in [1.165, 1.54) is 4.68 Å². The Bertz CT molecular complexity index is 1540. The highest BCUT2D eigenvalue weighted by Crippen LogP contribution is 2.27. The molecule has 3 aromatic carbocycles. The summed E-state index contributed by atoms with van der Waals surface area (Å²) in [5.41, 5.74) is 3.21. The zero-order valence-electron chi connectivity index (χ0n) is 18.8. The van der Waals surface area contributed by atoms with Gasteiger partial charge < -0.3 is 14.6 Å². The highest BCUT2D eigenvalue weighted by molar-refractivity contribution is 6.07. The molecule has 5 rings (SSSR count). The molecule has 7 heteroatoms. The molecular formula is C27H24N4O3. The summed E-state index contributed by atoms with van der Waals surface area (Å²) in [5.74, 6) is 0.434. The summed E-state index contributed by atoms with van der Waals surface area (Å²) in [4.78, 5) is 26.1. The van der Waals surface area contributed by atoms with Crippen LogP contribution in [-0.4, -0.2) is 27.4 Å². The zero-order valence-corrected chi connectivity index (χ0v) is 18.8. The van der Waals surface area contributed by atoms with Crippen LogP contribution in [0.3, 0.4) is 0 Å². The highest BCUT2D eigenvalue weighted by atomic mass is 16.5. The fourth-order valence-electron chi connectivity index (χ4n) is 4.21. The Hall–Kier alpha value is -4.39. The molecule has 0 saturated heterocycles. The smallest absolute Gasteiger partial charge is 0.291 e. The van der Waals surface area contributed by atoms with Crippen molar-refractivity contribution in [3.8, 4) is 5.75 Å². The Kier molecular flexibility index (Phi) is 5.82. The average Bonchev–Trinajstić information content (AvgIpc) is 3.19. The van der Waals surface area contributed by atoms with Crippen molar-refractivity contribution in [3.05, 3.63) is 107 Å². The molecule has 2 heterocycles. The van der Waals surface area contributed by atoms with Gasteiger partial charge in [0.2, 0.25) is 5.91 Å². The zero-order chi connectivity index (χ0) is 23.5. The molecule has 0 aliphatic heterocycles. The molecule has 0 saturated carbocycles. The number of carbonyl (C=O) groups excluding carboxylic acids is 1. The van der Waals surface area contributed by atoms with Crippen molar-refractivity contribution in [2.75, 3.05) is 7.11 Å². The molecule has 0 atom stereocenters. The molecule has 0 aliphatic rings. The first kappa shape index (κ1) is 21.5. The largest absolute Gasteiger partial charge is 0.497 e. The fourth-order valence-corrected chi connectivity index (χ4v) is 4.21. The number of nitrogens with zero attached hydrogens (tertiary/aromatic N) is 3. The summed E-state index contributed by atoms with van der Waals surface area (Å²) in [7, 11) is 1.60. The number of nitrogens with one attached hydrogen (secondary N) is 1. The molecule has 0 aliphatic carbocycles. The van der Waals surface area contributed by atoms with Gasteiger partial charge in [-0.25, -0.2) is 4.68 Å². The number of para-hydroxylation sites is 1. The number of aromatic nitrogens is 3. The van der Waals surface area contributed by atoms with Crippen molar-refractivity contribution in [1.29, 1.82) is 0 Å². The lowest BCUT2D eigenvalue weighted by Crippen LogP contribution is -2.33. The molecule has 5 aromatic rings. The molecule has 0 radical (unpaired) electrons. The number of methoxy groups -OCH3 is 1. The third-order valence-electron chi connectivity index (χ3n) is 5.87. The van der Waals surface area contributed by atoms with E-state index in [0.29, 0.717) is 18.6 Å². The van der Waals surface area contributed by atoms with Crippen molar-refractivity contribution < 1.29 is 9.53 Å². The van der Waals surface area contributed by atoms with E-state index in [1.807, 2.05) is 83.4 Å². The average molecular weight is 453 g/mol. The minimum absolute atomic E-state index is 0.161. The Labute approximate surface area is 196 Å². The first-order chi connectivity index (χ1) is 16.6. The fraction of sp³-hybridized carbons (Fsp3) is 0.148. The lowest BCUT2D eigenvalue weighted by molar-refractivity contribution is -0.122. The van der Waals surface area contributed by atoms with Crippen LogP contribution in [0.25, 0.3) is 21.8 Å². The van der Waals surface area contributed by atoms with Crippen molar-refractivity contribution in [3.63, 3.8) is 0 Å². The minimum Gasteiger partial charge on any atom is -0.497 e. The summed E-state index contributed by atoms with van der Waals surface area (Å²) < 4.78 is 8.46. The second-order valence-electron chi connectivity index (χ2n) is 8.09. The van der Waals surface area contributed by atoms with Crippen LogP contribution in [0.5, 0.6) is 5.75 Å². The standard InChI is InChI=1S/C27H24N4O3/c1-34-21-11-7-10-20(14-21)15-28-25(32)18-31-27(33)26-23(16-29-31)22-12-5-6-13-24(22)30(26)17-19-8-3-2-4-9-19/h2-14,16H,15,17-18H2,1H3,(H,28,32). The molecule has 1 amide bonds. The molecule has 170 valence electrons. The summed E-state index contributed by atoms with van der Waals surface area (Å²) in [6, 6.07) is 25.4. The Morgan fingerprint density at radius 3 is 2.53 bits per heavy atom. The number of hydrogen-bond donors (Lipinski definition) is 1. The van der Waals surface area contributed by atoms with Gasteiger partial charge in [-0.3, -0.25) is 9.59 Å². The Balaban J connectivity index is 1.46. The third kappa shape index (κ3) is 4.15. The minimum atomic E-state index is -0.291. The van der Waals surface area contributed by atoms with Gasteiger partial charge in [-0.1, -0.05) is 60.7 Å². The second kappa shape index (κ2) is 9.23. The van der Waals surface area contributed by atoms with E-state index >= 15 is 0 Å². The number of rotatable bonds is 7. The van der Waals surface area contributed by atoms with Crippen molar-refractivity contribution >= 4 is 27.7 Å². The van der Waals surface area contributed by atoms with Crippen LogP contribution in [0.15, 0.2) is 89.9 Å². The monoisotopic (exact) mass is 452 g/mol. The number of hydrogen-bond acceptors (Lipinski definition) is 4. The van der Waals surface area contributed by atoms with E-state index in [-0.39, 0.29) is 18.0 Å². The van der Waals surface area contributed by atoms with Crippen LogP contribution in [0, 0.1) is 0 Å². The summed E-state index contributed by atoms with van der Waals surface area (Å²) in [6.45, 7) is 0.721. The second-order valence-corrected chi connectivity index (χ2v) is 8.09. The van der Waals surface area contributed by atoms with Gasteiger partial charge in [0.05, 0.1) is 13.3 Å². The van der Waals surface area contributed by atoms with E-state index in [2.05, 4.69) is 10.4 Å². The van der Waals surface area contributed by atoms with Gasteiger partial charge in [-0.15, -0.1) is 0 Å². The molecule has 7 nitrogen and oxygen atoms in total. The molecular weight excluding hydrogens is 428 g/mol. The van der Waals surface area contributed by atoms with E-state index in [9.17, 15) is 9.59 Å². The third-order valence-corrected chi connectivity index (χ3v) is 5.87. The molecule has 34 heavy (non-hydrogen) atoms. The normalized spacial score (nSPS) is 11.1. The predicted molar refractivity (Wildman–Crippen MR) is 132 cm³/mol. The Morgan fingerprint density at radius 2 is 1.71 bits per heavy atom. The van der Waals surface area contributed by atoms with Gasteiger partial charge in [0.25, 0.3) is 5.56 Å². The number of amides is 1. The summed E-state index contributed by atoms with van der Waals surface area (Å²) in [6.07, 6.45) is 1.68. The molecule has 0 bridgehead atoms. The van der Waals surface area contributed by atoms with Crippen LogP contribution in [0.1, 0.15) is 11.1 Å². The van der Waals surface area contributed by atoms with Crippen LogP contribution >= 0.6 is 0 Å². The lowest BCUT2D eigenvalue weighted by Gasteiger charge is -2.10. The Morgan fingerprint density at radius 1 is 0.941 bits per heavy atom. The topological polar surface area (TPSA) is 78.2 Å². The summed E-state index contributed by atoms with van der Waals surface area (Å²) in [5, 5.41) is 8.91. The van der Waals surface area contributed by atoms with Gasteiger partial charge in [-0.05, 0) is 29.3 Å². The van der Waals surface area contributed by atoms with Crippen LogP contribution in [0.2, 0.25) is 0 Å². The van der Waals surface area contributed by atoms with Crippen molar-refractivity contribution in [2.45, 2.75) is 19.6 Å². The number of fused-ring (bicyclic) bond motifs is 3. The van der Waals surface area contributed by atoms with Crippen LogP contribution < -0.4 is 15.6 Å². The highest BCUT2D eigenvalue weighted by Gasteiger charge is 2.17. The molecule has 0 unspecified atom stereocenters. The maximum absolute atomic E-state index is 13.5. The van der Waals surface area contributed by atoms with Gasteiger partial charge in [0.15, 0.2) is 0 Å². The van der Waals surface area contributed by atoms with Gasteiger partial charge in [0.1, 0.15) is 17.8 Å². The van der Waals surface area contributed by atoms with E-state index in [4.69, 9.17) is 4.74 Å². The van der Waals surface area contributed by atoms with Crippen molar-refractivity contribution in [2.24, 2.45) is 0 Å². The lowest BCUT2D eigenvalue weighted by atomic mass is 10.2. The molecule has 1 N–H and O–H groups in total. The molecule has 0 spiro atoms. The van der Waals surface area contributed by atoms with Gasteiger partial charge >= 0.3 is 0 Å². The van der Waals surface area contributed by atoms with E-state index < -0.39 is 0 Å². The maximum atomic E-state index is 13.5. The SMILES string of the molecule is COc1cccc(CNC(=O)Cn2ncc3c4ccccc4n(Cc4ccccc4)c3c2=O)c1. The van der Waals surface area contributed by atoms with E-state index in [0.717, 1.165) is 33.2 Å². The van der Waals surface area contributed by atoms with Gasteiger partial charge in [-0.2, -0.15) is 5.10 Å². The number of benzene rings is 3. The van der Waals surface area contributed by atoms with Crippen LogP contribution in [-0.2, 0) is 24.4 Å². The molecule has 2 aromatic heterocycles. The number of carbonyl (C=O) groups is 1.